The normalized spacial score (nSPS) is 27.4. The van der Waals surface area contributed by atoms with Gasteiger partial charge in [-0.3, -0.25) is 0 Å². The van der Waals surface area contributed by atoms with Gasteiger partial charge in [0.15, 0.2) is 0 Å². The Morgan fingerprint density at radius 3 is 2.59 bits per heavy atom. The van der Waals surface area contributed by atoms with Crippen LogP contribution in [0.1, 0.15) is 33.1 Å². The third-order valence-electron chi connectivity index (χ3n) is 4.07. The van der Waals surface area contributed by atoms with E-state index in [9.17, 15) is 0 Å². The Morgan fingerprint density at radius 1 is 1.12 bits per heavy atom. The molecule has 2 heterocycles. The molecule has 3 nitrogen and oxygen atoms in total. The first-order valence-corrected chi connectivity index (χ1v) is 7.42. The first kappa shape index (κ1) is 13.3. The molecule has 2 rings (SSSR count). The van der Waals surface area contributed by atoms with Crippen LogP contribution in [0.15, 0.2) is 0 Å². The number of likely N-dealkylation sites (tertiary alicyclic amines) is 2. The van der Waals surface area contributed by atoms with Crippen LogP contribution in [0.2, 0.25) is 0 Å². The first-order valence-electron chi connectivity index (χ1n) is 7.42. The van der Waals surface area contributed by atoms with Crippen LogP contribution < -0.4 is 5.32 Å². The number of rotatable bonds is 6. The largest absolute Gasteiger partial charge is 0.313 e. The second-order valence-electron chi connectivity index (χ2n) is 6.07. The van der Waals surface area contributed by atoms with Crippen LogP contribution >= 0.6 is 0 Å². The van der Waals surface area contributed by atoms with Crippen molar-refractivity contribution in [1.29, 1.82) is 0 Å². The summed E-state index contributed by atoms with van der Waals surface area (Å²) in [7, 11) is 0. The van der Waals surface area contributed by atoms with Gasteiger partial charge < -0.3 is 15.1 Å². The van der Waals surface area contributed by atoms with Crippen molar-refractivity contribution in [3.63, 3.8) is 0 Å². The van der Waals surface area contributed by atoms with Crippen molar-refractivity contribution in [1.82, 2.24) is 15.1 Å². The summed E-state index contributed by atoms with van der Waals surface area (Å²) >= 11 is 0. The smallest absolute Gasteiger partial charge is 0.0107 e. The van der Waals surface area contributed by atoms with Gasteiger partial charge in [-0.2, -0.15) is 0 Å². The number of hydrogen-bond donors (Lipinski definition) is 1. The average Bonchev–Trinajstić information content (AvgIpc) is 2.90. The Labute approximate surface area is 107 Å². The van der Waals surface area contributed by atoms with Crippen LogP contribution in [0.25, 0.3) is 0 Å². The number of hydrogen-bond acceptors (Lipinski definition) is 3. The monoisotopic (exact) mass is 239 g/mol. The molecule has 3 heteroatoms. The Balaban J connectivity index is 1.58. The van der Waals surface area contributed by atoms with E-state index >= 15 is 0 Å². The summed E-state index contributed by atoms with van der Waals surface area (Å²) in [4.78, 5) is 5.30. The van der Waals surface area contributed by atoms with Crippen LogP contribution in [0.5, 0.6) is 0 Å². The van der Waals surface area contributed by atoms with E-state index in [0.717, 1.165) is 12.5 Å². The fraction of sp³-hybridized carbons (Fsp3) is 1.00. The molecule has 0 spiro atoms. The summed E-state index contributed by atoms with van der Waals surface area (Å²) in [6, 6.07) is 0.623. The highest BCUT2D eigenvalue weighted by Gasteiger charge is 2.24. The van der Waals surface area contributed by atoms with Gasteiger partial charge in [0.1, 0.15) is 0 Å². The highest BCUT2D eigenvalue weighted by Crippen LogP contribution is 2.19. The lowest BCUT2D eigenvalue weighted by atomic mass is 10.1. The molecular weight excluding hydrogens is 210 g/mol. The molecule has 0 radical (unpaired) electrons. The van der Waals surface area contributed by atoms with Crippen LogP contribution in [-0.4, -0.2) is 61.7 Å². The van der Waals surface area contributed by atoms with Gasteiger partial charge in [-0.1, -0.05) is 13.8 Å². The molecule has 2 aliphatic heterocycles. The van der Waals surface area contributed by atoms with Gasteiger partial charge >= 0.3 is 0 Å². The summed E-state index contributed by atoms with van der Waals surface area (Å²) in [6.45, 7) is 13.5. The highest BCUT2D eigenvalue weighted by atomic mass is 15.2. The van der Waals surface area contributed by atoms with Crippen molar-refractivity contribution in [3.05, 3.63) is 0 Å². The molecule has 0 aromatic heterocycles. The van der Waals surface area contributed by atoms with Crippen LogP contribution in [0.3, 0.4) is 0 Å². The average molecular weight is 239 g/mol. The van der Waals surface area contributed by atoms with E-state index in [1.54, 1.807) is 0 Å². The lowest BCUT2D eigenvalue weighted by molar-refractivity contribution is 0.262. The van der Waals surface area contributed by atoms with E-state index in [1.807, 2.05) is 0 Å². The van der Waals surface area contributed by atoms with Crippen LogP contribution in [-0.2, 0) is 0 Å². The quantitative estimate of drug-likeness (QED) is 0.756. The molecule has 0 amide bonds. The molecule has 0 unspecified atom stereocenters. The summed E-state index contributed by atoms with van der Waals surface area (Å²) < 4.78 is 0. The molecule has 1 N–H and O–H groups in total. The minimum absolute atomic E-state index is 0.623. The minimum atomic E-state index is 0.623. The fourth-order valence-corrected chi connectivity index (χ4v) is 3.11. The predicted molar refractivity (Wildman–Crippen MR) is 73.4 cm³/mol. The standard InChI is InChI=1S/C14H29N3/c1-13(2)15-6-10-17-9-5-14(12-17)11-16-7-3-4-8-16/h13-15H,3-12H2,1-2H3/t14-/m1/s1. The van der Waals surface area contributed by atoms with Crippen molar-refractivity contribution >= 4 is 0 Å². The third kappa shape index (κ3) is 4.57. The minimum Gasteiger partial charge on any atom is -0.313 e. The van der Waals surface area contributed by atoms with Crippen molar-refractivity contribution < 1.29 is 0 Å². The Hall–Kier alpha value is -0.120. The maximum atomic E-state index is 3.51. The maximum absolute atomic E-state index is 3.51. The van der Waals surface area contributed by atoms with E-state index in [4.69, 9.17) is 0 Å². The van der Waals surface area contributed by atoms with Crippen LogP contribution in [0.4, 0.5) is 0 Å². The molecular formula is C14H29N3. The van der Waals surface area contributed by atoms with Gasteiger partial charge in [0.25, 0.3) is 0 Å². The maximum Gasteiger partial charge on any atom is 0.0107 e. The van der Waals surface area contributed by atoms with E-state index < -0.39 is 0 Å². The SMILES string of the molecule is CC(C)NCCN1CC[C@H](CN2CCCC2)C1. The van der Waals surface area contributed by atoms with Crippen molar-refractivity contribution in [2.24, 2.45) is 5.92 Å². The molecule has 0 aliphatic carbocycles. The zero-order chi connectivity index (χ0) is 12.1. The number of nitrogens with zero attached hydrogens (tertiary/aromatic N) is 2. The second-order valence-corrected chi connectivity index (χ2v) is 6.07. The predicted octanol–water partition coefficient (Wildman–Crippen LogP) is 1.40. The van der Waals surface area contributed by atoms with E-state index in [0.29, 0.717) is 6.04 Å². The van der Waals surface area contributed by atoms with Gasteiger partial charge in [-0.25, -0.2) is 0 Å². The van der Waals surface area contributed by atoms with Gasteiger partial charge in [-0.05, 0) is 44.8 Å². The lowest BCUT2D eigenvalue weighted by Gasteiger charge is -2.21. The van der Waals surface area contributed by atoms with Gasteiger partial charge in [0, 0.05) is 32.2 Å². The molecule has 0 bridgehead atoms. The zero-order valence-electron chi connectivity index (χ0n) is 11.6. The molecule has 2 saturated heterocycles. The molecule has 1 atom stereocenters. The lowest BCUT2D eigenvalue weighted by Crippen LogP contribution is -2.34. The molecule has 0 saturated carbocycles. The fourth-order valence-electron chi connectivity index (χ4n) is 3.11. The van der Waals surface area contributed by atoms with E-state index in [1.165, 1.54) is 58.5 Å². The zero-order valence-corrected chi connectivity index (χ0v) is 11.6. The van der Waals surface area contributed by atoms with Crippen molar-refractivity contribution in [2.45, 2.75) is 39.2 Å². The molecule has 0 aromatic carbocycles. The van der Waals surface area contributed by atoms with Crippen LogP contribution in [0, 0.1) is 5.92 Å². The van der Waals surface area contributed by atoms with Gasteiger partial charge in [-0.15, -0.1) is 0 Å². The Bertz CT molecular complexity index is 212. The molecule has 2 aliphatic rings. The third-order valence-corrected chi connectivity index (χ3v) is 4.07. The summed E-state index contributed by atoms with van der Waals surface area (Å²) in [6.07, 6.45) is 4.27. The topological polar surface area (TPSA) is 18.5 Å². The highest BCUT2D eigenvalue weighted by molar-refractivity contribution is 4.80. The van der Waals surface area contributed by atoms with Gasteiger partial charge in [0.05, 0.1) is 0 Å². The molecule has 0 aromatic rings. The van der Waals surface area contributed by atoms with Crippen molar-refractivity contribution in [2.75, 3.05) is 45.8 Å². The Morgan fingerprint density at radius 2 is 1.88 bits per heavy atom. The molecule has 100 valence electrons. The molecule has 17 heavy (non-hydrogen) atoms. The first-order chi connectivity index (χ1) is 8.24. The van der Waals surface area contributed by atoms with E-state index in [2.05, 4.69) is 29.0 Å². The summed E-state index contributed by atoms with van der Waals surface area (Å²) in [5.74, 6) is 0.937. The summed E-state index contributed by atoms with van der Waals surface area (Å²) in [5, 5.41) is 3.51. The number of nitrogens with one attached hydrogen (secondary N) is 1. The molecule has 2 fully saturated rings. The second kappa shape index (κ2) is 6.72. The Kier molecular flexibility index (Phi) is 5.26. The van der Waals surface area contributed by atoms with Gasteiger partial charge in [0.2, 0.25) is 0 Å². The summed E-state index contributed by atoms with van der Waals surface area (Å²) in [5.41, 5.74) is 0. The van der Waals surface area contributed by atoms with Crippen molar-refractivity contribution in [3.8, 4) is 0 Å². The van der Waals surface area contributed by atoms with E-state index in [-0.39, 0.29) is 0 Å².